The summed E-state index contributed by atoms with van der Waals surface area (Å²) in [7, 11) is -3.34. The minimum absolute atomic E-state index is 0.0899. The Morgan fingerprint density at radius 1 is 1.05 bits per heavy atom. The molecule has 2 aromatic rings. The minimum Gasteiger partial charge on any atom is -0.507 e. The first-order valence-electron chi connectivity index (χ1n) is 6.43. The van der Waals surface area contributed by atoms with E-state index >= 15 is 0 Å². The second kappa shape index (κ2) is 6.07. The van der Waals surface area contributed by atoms with Crippen LogP contribution in [0.15, 0.2) is 42.5 Å². The molecule has 7 heteroatoms. The number of phenolic OH excluding ortho intramolecular Hbond substituents is 1. The topological polar surface area (TPSA) is 95.5 Å². The molecule has 22 heavy (non-hydrogen) atoms. The van der Waals surface area contributed by atoms with Crippen LogP contribution >= 0.6 is 0 Å². The van der Waals surface area contributed by atoms with Crippen molar-refractivity contribution in [3.8, 4) is 5.75 Å². The zero-order valence-corrected chi connectivity index (χ0v) is 12.9. The first-order chi connectivity index (χ1) is 10.2. The number of aromatic hydroxyl groups is 1. The molecule has 0 aliphatic rings. The summed E-state index contributed by atoms with van der Waals surface area (Å²) in [4.78, 5) is 12.1. The molecule has 0 heterocycles. The van der Waals surface area contributed by atoms with Crippen molar-refractivity contribution in [1.82, 2.24) is 0 Å². The largest absolute Gasteiger partial charge is 0.507 e. The second-order valence-electron chi connectivity index (χ2n) is 4.93. The van der Waals surface area contributed by atoms with Gasteiger partial charge in [-0.1, -0.05) is 6.07 Å². The molecular formula is C15H16N2O4S. The molecule has 0 saturated heterocycles. The molecule has 0 radical (unpaired) electrons. The normalized spacial score (nSPS) is 11.0. The van der Waals surface area contributed by atoms with E-state index in [1.807, 2.05) is 6.92 Å². The van der Waals surface area contributed by atoms with Gasteiger partial charge < -0.3 is 10.4 Å². The lowest BCUT2D eigenvalue weighted by molar-refractivity contribution is 0.102. The van der Waals surface area contributed by atoms with Gasteiger partial charge in [-0.2, -0.15) is 0 Å². The summed E-state index contributed by atoms with van der Waals surface area (Å²) in [5, 5.41) is 12.4. The number of carbonyl (C=O) groups is 1. The van der Waals surface area contributed by atoms with E-state index in [1.165, 1.54) is 18.2 Å². The van der Waals surface area contributed by atoms with Gasteiger partial charge >= 0.3 is 0 Å². The predicted octanol–water partition coefficient (Wildman–Crippen LogP) is 2.32. The Bertz CT molecular complexity index is 799. The van der Waals surface area contributed by atoms with Crippen LogP contribution in [0.4, 0.5) is 11.4 Å². The van der Waals surface area contributed by atoms with Crippen molar-refractivity contribution in [1.29, 1.82) is 0 Å². The first-order valence-corrected chi connectivity index (χ1v) is 8.32. The molecule has 0 aliphatic carbocycles. The Kier molecular flexibility index (Phi) is 4.37. The number of aryl methyl sites for hydroxylation is 1. The molecule has 1 amide bonds. The van der Waals surface area contributed by atoms with E-state index in [0.29, 0.717) is 11.4 Å². The van der Waals surface area contributed by atoms with Gasteiger partial charge in [-0.25, -0.2) is 8.42 Å². The number of benzene rings is 2. The lowest BCUT2D eigenvalue weighted by atomic mass is 10.1. The smallest absolute Gasteiger partial charge is 0.259 e. The molecule has 116 valence electrons. The molecule has 0 unspecified atom stereocenters. The summed E-state index contributed by atoms with van der Waals surface area (Å²) in [6, 6.07) is 11.0. The van der Waals surface area contributed by atoms with Crippen LogP contribution in [-0.2, 0) is 10.0 Å². The number of amides is 1. The second-order valence-corrected chi connectivity index (χ2v) is 6.67. The lowest BCUT2D eigenvalue weighted by Gasteiger charge is -2.09. The van der Waals surface area contributed by atoms with E-state index in [9.17, 15) is 18.3 Å². The maximum Gasteiger partial charge on any atom is 0.259 e. The Morgan fingerprint density at radius 3 is 2.18 bits per heavy atom. The fourth-order valence-corrected chi connectivity index (χ4v) is 2.43. The van der Waals surface area contributed by atoms with Gasteiger partial charge in [0.1, 0.15) is 5.75 Å². The summed E-state index contributed by atoms with van der Waals surface area (Å²) < 4.78 is 24.5. The van der Waals surface area contributed by atoms with Gasteiger partial charge in [0.25, 0.3) is 5.91 Å². The summed E-state index contributed by atoms with van der Waals surface area (Å²) in [6.07, 6.45) is 1.06. The molecule has 0 aliphatic heterocycles. The van der Waals surface area contributed by atoms with E-state index in [2.05, 4.69) is 10.0 Å². The number of sulfonamides is 1. The molecule has 3 N–H and O–H groups in total. The number of phenols is 1. The van der Waals surface area contributed by atoms with Crippen LogP contribution in [0.25, 0.3) is 0 Å². The summed E-state index contributed by atoms with van der Waals surface area (Å²) in [6.45, 7) is 1.81. The van der Waals surface area contributed by atoms with Crippen LogP contribution in [0.2, 0.25) is 0 Å². The van der Waals surface area contributed by atoms with Crippen LogP contribution < -0.4 is 10.0 Å². The van der Waals surface area contributed by atoms with Crippen LogP contribution in [-0.4, -0.2) is 25.7 Å². The maximum absolute atomic E-state index is 12.1. The standard InChI is InChI=1S/C15H16N2O4S/c1-10-3-8-13(14(18)9-10)15(19)16-11-4-6-12(7-5-11)17-22(2,20)21/h3-9,17-18H,1-2H3,(H,16,19). The molecular weight excluding hydrogens is 304 g/mol. The van der Waals surface area contributed by atoms with E-state index in [4.69, 9.17) is 0 Å². The summed E-state index contributed by atoms with van der Waals surface area (Å²) >= 11 is 0. The molecule has 0 spiro atoms. The lowest BCUT2D eigenvalue weighted by Crippen LogP contribution is -2.12. The van der Waals surface area contributed by atoms with Crippen molar-refractivity contribution < 1.29 is 18.3 Å². The van der Waals surface area contributed by atoms with Gasteiger partial charge in [0.05, 0.1) is 11.8 Å². The fourth-order valence-electron chi connectivity index (χ4n) is 1.87. The Morgan fingerprint density at radius 2 is 1.64 bits per heavy atom. The number of anilines is 2. The van der Waals surface area contributed by atoms with Crippen LogP contribution in [0.3, 0.4) is 0 Å². The van der Waals surface area contributed by atoms with Crippen LogP contribution in [0.1, 0.15) is 15.9 Å². The van der Waals surface area contributed by atoms with Gasteiger partial charge in [-0.3, -0.25) is 9.52 Å². The molecule has 6 nitrogen and oxygen atoms in total. The third kappa shape index (κ3) is 4.23. The zero-order valence-electron chi connectivity index (χ0n) is 12.1. The van der Waals surface area contributed by atoms with Crippen molar-refractivity contribution in [3.05, 3.63) is 53.6 Å². The van der Waals surface area contributed by atoms with E-state index in [-0.39, 0.29) is 11.3 Å². The molecule has 0 fully saturated rings. The van der Waals surface area contributed by atoms with E-state index < -0.39 is 15.9 Å². The number of nitrogens with one attached hydrogen (secondary N) is 2. The maximum atomic E-state index is 12.1. The van der Waals surface area contributed by atoms with Crippen molar-refractivity contribution in [3.63, 3.8) is 0 Å². The van der Waals surface area contributed by atoms with Gasteiger partial charge in [0.2, 0.25) is 10.0 Å². The van der Waals surface area contributed by atoms with Gasteiger partial charge in [-0.15, -0.1) is 0 Å². The van der Waals surface area contributed by atoms with Crippen LogP contribution in [0, 0.1) is 6.92 Å². The monoisotopic (exact) mass is 320 g/mol. The minimum atomic E-state index is -3.34. The number of rotatable bonds is 4. The predicted molar refractivity (Wildman–Crippen MR) is 85.7 cm³/mol. The summed E-state index contributed by atoms with van der Waals surface area (Å²) in [5.41, 5.74) is 1.91. The quantitative estimate of drug-likeness (QED) is 0.805. The molecule has 0 atom stereocenters. The van der Waals surface area contributed by atoms with Crippen molar-refractivity contribution >= 4 is 27.3 Å². The van der Waals surface area contributed by atoms with Crippen molar-refractivity contribution in [2.75, 3.05) is 16.3 Å². The SMILES string of the molecule is Cc1ccc(C(=O)Nc2ccc(NS(C)(=O)=O)cc2)c(O)c1. The average Bonchev–Trinajstić information content (AvgIpc) is 2.39. The molecule has 0 saturated carbocycles. The number of hydrogen-bond donors (Lipinski definition) is 3. The Balaban J connectivity index is 2.12. The molecule has 2 aromatic carbocycles. The third-order valence-corrected chi connectivity index (χ3v) is 3.45. The third-order valence-electron chi connectivity index (χ3n) is 2.84. The highest BCUT2D eigenvalue weighted by atomic mass is 32.2. The molecule has 2 rings (SSSR count). The highest BCUT2D eigenvalue weighted by Crippen LogP contribution is 2.21. The average molecular weight is 320 g/mol. The first kappa shape index (κ1) is 15.8. The van der Waals surface area contributed by atoms with Gasteiger partial charge in [0, 0.05) is 11.4 Å². The van der Waals surface area contributed by atoms with Crippen molar-refractivity contribution in [2.45, 2.75) is 6.92 Å². The highest BCUT2D eigenvalue weighted by molar-refractivity contribution is 7.92. The van der Waals surface area contributed by atoms with Crippen molar-refractivity contribution in [2.24, 2.45) is 0 Å². The van der Waals surface area contributed by atoms with E-state index in [1.54, 1.807) is 24.3 Å². The van der Waals surface area contributed by atoms with Gasteiger partial charge in [-0.05, 0) is 48.9 Å². The van der Waals surface area contributed by atoms with Crippen LogP contribution in [0.5, 0.6) is 5.75 Å². The zero-order chi connectivity index (χ0) is 16.3. The number of carbonyl (C=O) groups excluding carboxylic acids is 1. The highest BCUT2D eigenvalue weighted by Gasteiger charge is 2.11. The number of hydrogen-bond acceptors (Lipinski definition) is 4. The van der Waals surface area contributed by atoms with Gasteiger partial charge in [0.15, 0.2) is 0 Å². The Labute approximate surface area is 128 Å². The Hall–Kier alpha value is -2.54. The molecule has 0 aromatic heterocycles. The summed E-state index contributed by atoms with van der Waals surface area (Å²) in [5.74, 6) is -0.533. The fraction of sp³-hybridized carbons (Fsp3) is 0.133. The molecule has 0 bridgehead atoms. The van der Waals surface area contributed by atoms with E-state index in [0.717, 1.165) is 11.8 Å².